The number of aromatic nitrogens is 2. The third kappa shape index (κ3) is 3.85. The largest absolute Gasteiger partial charge is 0.434 e. The molecule has 0 bridgehead atoms. The average molecular weight is 380 g/mol. The summed E-state index contributed by atoms with van der Waals surface area (Å²) in [5.41, 5.74) is 5.40. The van der Waals surface area contributed by atoms with Crippen LogP contribution in [0.4, 0.5) is 13.2 Å². The summed E-state index contributed by atoms with van der Waals surface area (Å²) in [6.45, 7) is 4.42. The van der Waals surface area contributed by atoms with Gasteiger partial charge in [-0.3, -0.25) is 4.79 Å². The van der Waals surface area contributed by atoms with E-state index in [1.54, 1.807) is 31.2 Å². The summed E-state index contributed by atoms with van der Waals surface area (Å²) >= 11 is 0. The molecule has 0 saturated carbocycles. The number of amides is 1. The highest BCUT2D eigenvalue weighted by Gasteiger charge is 2.42. The Morgan fingerprint density at radius 1 is 1.26 bits per heavy atom. The van der Waals surface area contributed by atoms with Gasteiger partial charge in [-0.1, -0.05) is 18.2 Å². The molecule has 1 atom stereocenters. The molecule has 8 heteroatoms. The SMILES string of the molecule is Cc1ccccc1-n1ncc(C(=O)N2CCC(C(C)N)CC2)c1C(F)(F)F. The first-order chi connectivity index (χ1) is 12.7. The van der Waals surface area contributed by atoms with E-state index >= 15 is 0 Å². The van der Waals surface area contributed by atoms with Gasteiger partial charge in [0.2, 0.25) is 0 Å². The predicted molar refractivity (Wildman–Crippen MR) is 95.6 cm³/mol. The highest BCUT2D eigenvalue weighted by Crippen LogP contribution is 2.35. The Kier molecular flexibility index (Phi) is 5.28. The fraction of sp³-hybridized carbons (Fsp3) is 0.474. The Hall–Kier alpha value is -2.35. The van der Waals surface area contributed by atoms with Crippen LogP contribution >= 0.6 is 0 Å². The lowest BCUT2D eigenvalue weighted by molar-refractivity contribution is -0.143. The van der Waals surface area contributed by atoms with Crippen molar-refractivity contribution < 1.29 is 18.0 Å². The summed E-state index contributed by atoms with van der Waals surface area (Å²) < 4.78 is 42.2. The van der Waals surface area contributed by atoms with Crippen LogP contribution in [0.5, 0.6) is 0 Å². The number of likely N-dealkylation sites (tertiary alicyclic amines) is 1. The Balaban J connectivity index is 1.95. The summed E-state index contributed by atoms with van der Waals surface area (Å²) in [7, 11) is 0. The molecule has 2 aromatic rings. The van der Waals surface area contributed by atoms with Crippen molar-refractivity contribution in [3.8, 4) is 5.69 Å². The van der Waals surface area contributed by atoms with Gasteiger partial charge in [-0.15, -0.1) is 0 Å². The maximum Gasteiger partial charge on any atom is 0.434 e. The summed E-state index contributed by atoms with van der Waals surface area (Å²) in [5, 5.41) is 3.90. The van der Waals surface area contributed by atoms with Crippen molar-refractivity contribution in [2.45, 2.75) is 38.9 Å². The summed E-state index contributed by atoms with van der Waals surface area (Å²) in [6.07, 6.45) is -2.30. The van der Waals surface area contributed by atoms with Gasteiger partial charge in [0, 0.05) is 19.1 Å². The maximum absolute atomic E-state index is 13.8. The van der Waals surface area contributed by atoms with Crippen molar-refractivity contribution in [3.63, 3.8) is 0 Å². The van der Waals surface area contributed by atoms with E-state index in [-0.39, 0.29) is 12.0 Å². The molecule has 5 nitrogen and oxygen atoms in total. The van der Waals surface area contributed by atoms with E-state index in [2.05, 4.69) is 5.10 Å². The second-order valence-electron chi connectivity index (χ2n) is 7.09. The quantitative estimate of drug-likeness (QED) is 0.888. The zero-order valence-corrected chi connectivity index (χ0v) is 15.3. The van der Waals surface area contributed by atoms with Gasteiger partial charge >= 0.3 is 6.18 Å². The molecule has 0 radical (unpaired) electrons. The van der Waals surface area contributed by atoms with Crippen molar-refractivity contribution >= 4 is 5.91 Å². The minimum absolute atomic E-state index is 0.0109. The molecule has 1 fully saturated rings. The summed E-state index contributed by atoms with van der Waals surface area (Å²) in [5.74, 6) is -0.351. The first-order valence-electron chi connectivity index (χ1n) is 8.96. The Labute approximate surface area is 155 Å². The van der Waals surface area contributed by atoms with Crippen molar-refractivity contribution in [2.24, 2.45) is 11.7 Å². The van der Waals surface area contributed by atoms with Crippen LogP contribution in [0.15, 0.2) is 30.5 Å². The number of carbonyl (C=O) groups is 1. The van der Waals surface area contributed by atoms with Crippen LogP contribution in [0.2, 0.25) is 0 Å². The number of aryl methyl sites for hydroxylation is 1. The molecule has 1 unspecified atom stereocenters. The minimum Gasteiger partial charge on any atom is -0.339 e. The highest BCUT2D eigenvalue weighted by atomic mass is 19.4. The Bertz CT molecular complexity index is 821. The maximum atomic E-state index is 13.8. The fourth-order valence-corrected chi connectivity index (χ4v) is 3.56. The van der Waals surface area contributed by atoms with Gasteiger partial charge < -0.3 is 10.6 Å². The molecule has 0 spiro atoms. The number of alkyl halides is 3. The first kappa shape index (κ1) is 19.4. The molecule has 3 rings (SSSR count). The second kappa shape index (κ2) is 7.34. The second-order valence-corrected chi connectivity index (χ2v) is 7.09. The first-order valence-corrected chi connectivity index (χ1v) is 8.96. The third-order valence-electron chi connectivity index (χ3n) is 5.18. The van der Waals surface area contributed by atoms with Crippen LogP contribution < -0.4 is 5.73 Å². The van der Waals surface area contributed by atoms with Crippen molar-refractivity contribution in [1.82, 2.24) is 14.7 Å². The molecule has 27 heavy (non-hydrogen) atoms. The van der Waals surface area contributed by atoms with Gasteiger partial charge in [0.15, 0.2) is 5.69 Å². The molecule has 2 heterocycles. The predicted octanol–water partition coefficient (Wildman–Crippen LogP) is 3.40. The van der Waals surface area contributed by atoms with Crippen molar-refractivity contribution in [2.75, 3.05) is 13.1 Å². The molecule has 1 aromatic heterocycles. The van der Waals surface area contributed by atoms with Crippen molar-refractivity contribution in [1.29, 1.82) is 0 Å². The zero-order chi connectivity index (χ0) is 19.8. The van der Waals surface area contributed by atoms with Crippen molar-refractivity contribution in [3.05, 3.63) is 47.3 Å². The molecular weight excluding hydrogens is 357 g/mol. The zero-order valence-electron chi connectivity index (χ0n) is 15.3. The lowest BCUT2D eigenvalue weighted by atomic mass is 9.90. The van der Waals surface area contributed by atoms with E-state index < -0.39 is 23.3 Å². The third-order valence-corrected chi connectivity index (χ3v) is 5.18. The molecule has 1 aliphatic rings. The van der Waals surface area contributed by atoms with Crippen LogP contribution in [-0.4, -0.2) is 39.7 Å². The number of halogens is 3. The molecule has 0 aliphatic carbocycles. The van der Waals surface area contributed by atoms with E-state index in [0.717, 1.165) is 10.9 Å². The average Bonchev–Trinajstić information content (AvgIpc) is 3.07. The molecular formula is C19H23F3N4O. The lowest BCUT2D eigenvalue weighted by Crippen LogP contribution is -2.43. The highest BCUT2D eigenvalue weighted by molar-refractivity contribution is 5.95. The molecule has 1 amide bonds. The number of nitrogens with zero attached hydrogens (tertiary/aromatic N) is 3. The van der Waals surface area contributed by atoms with Crippen LogP contribution in [-0.2, 0) is 6.18 Å². The van der Waals surface area contributed by atoms with Gasteiger partial charge in [0.05, 0.1) is 17.4 Å². The number of para-hydroxylation sites is 1. The Morgan fingerprint density at radius 3 is 2.44 bits per heavy atom. The van der Waals surface area contributed by atoms with Gasteiger partial charge in [-0.2, -0.15) is 18.3 Å². The van der Waals surface area contributed by atoms with Gasteiger partial charge in [-0.25, -0.2) is 4.68 Å². The number of hydrogen-bond acceptors (Lipinski definition) is 3. The van der Waals surface area contributed by atoms with E-state index in [1.807, 2.05) is 6.92 Å². The van der Waals surface area contributed by atoms with Crippen LogP contribution in [0.25, 0.3) is 5.69 Å². The summed E-state index contributed by atoms with van der Waals surface area (Å²) in [6, 6.07) is 6.66. The van der Waals surface area contributed by atoms with Crippen LogP contribution in [0, 0.1) is 12.8 Å². The van der Waals surface area contributed by atoms with E-state index in [9.17, 15) is 18.0 Å². The smallest absolute Gasteiger partial charge is 0.339 e. The van der Waals surface area contributed by atoms with Gasteiger partial charge in [0.25, 0.3) is 5.91 Å². The fourth-order valence-electron chi connectivity index (χ4n) is 3.56. The topological polar surface area (TPSA) is 64.2 Å². The Morgan fingerprint density at radius 2 is 1.89 bits per heavy atom. The normalized spacial score (nSPS) is 17.2. The molecule has 1 aliphatic heterocycles. The number of benzene rings is 1. The molecule has 146 valence electrons. The molecule has 2 N–H and O–H groups in total. The van der Waals surface area contributed by atoms with E-state index in [4.69, 9.17) is 5.73 Å². The standard InChI is InChI=1S/C19H23F3N4O/c1-12-5-3-4-6-16(12)26-17(19(20,21)22)15(11-24-26)18(27)25-9-7-14(8-10-25)13(2)23/h3-6,11,13-14H,7-10,23H2,1-2H3. The number of nitrogens with two attached hydrogens (primary N) is 1. The number of hydrogen-bond donors (Lipinski definition) is 1. The molecule has 1 saturated heterocycles. The number of rotatable bonds is 3. The van der Waals surface area contributed by atoms with Gasteiger partial charge in [0.1, 0.15) is 0 Å². The van der Waals surface area contributed by atoms with Crippen LogP contribution in [0.1, 0.15) is 41.4 Å². The van der Waals surface area contributed by atoms with E-state index in [1.165, 1.54) is 4.90 Å². The minimum atomic E-state index is -4.70. The van der Waals surface area contributed by atoms with E-state index in [0.29, 0.717) is 37.2 Å². The monoisotopic (exact) mass is 380 g/mol. The molecule has 1 aromatic carbocycles. The van der Waals surface area contributed by atoms with Crippen LogP contribution in [0.3, 0.4) is 0 Å². The number of piperidine rings is 1. The number of carbonyl (C=O) groups excluding carboxylic acids is 1. The lowest BCUT2D eigenvalue weighted by Gasteiger charge is -2.33. The van der Waals surface area contributed by atoms with Gasteiger partial charge in [-0.05, 0) is 44.2 Å². The summed E-state index contributed by atoms with van der Waals surface area (Å²) in [4.78, 5) is 14.3.